The number of rotatable bonds is 4. The molecule has 2 heterocycles. The van der Waals surface area contributed by atoms with Gasteiger partial charge in [-0.05, 0) is 18.6 Å². The van der Waals surface area contributed by atoms with E-state index in [1.54, 1.807) is 35.5 Å². The predicted molar refractivity (Wildman–Crippen MR) is 98.7 cm³/mol. The molecule has 0 saturated carbocycles. The average Bonchev–Trinajstić information content (AvgIpc) is 2.93. The first kappa shape index (κ1) is 18.7. The Morgan fingerprint density at radius 3 is 2.77 bits per heavy atom. The van der Waals surface area contributed by atoms with Gasteiger partial charge in [-0.25, -0.2) is 8.42 Å². The van der Waals surface area contributed by atoms with Gasteiger partial charge in [0.15, 0.2) is 0 Å². The first-order valence-electron chi connectivity index (χ1n) is 8.52. The fraction of sp³-hybridized carbons (Fsp3) is 0.412. The number of benzene rings is 1. The lowest BCUT2D eigenvalue weighted by Crippen LogP contribution is -2.48. The van der Waals surface area contributed by atoms with E-state index in [0.29, 0.717) is 31.4 Å². The van der Waals surface area contributed by atoms with Crippen molar-refractivity contribution in [2.24, 2.45) is 11.5 Å². The quantitative estimate of drug-likeness (QED) is 0.757. The van der Waals surface area contributed by atoms with Gasteiger partial charge < -0.3 is 16.4 Å². The summed E-state index contributed by atoms with van der Waals surface area (Å²) in [6.07, 6.45) is 3.78. The summed E-state index contributed by atoms with van der Waals surface area (Å²) in [7, 11) is -3.68. The Morgan fingerprint density at radius 2 is 2.00 bits per heavy atom. The van der Waals surface area contributed by atoms with Crippen molar-refractivity contribution < 1.29 is 13.2 Å². The van der Waals surface area contributed by atoms with Gasteiger partial charge in [-0.1, -0.05) is 12.1 Å². The summed E-state index contributed by atoms with van der Waals surface area (Å²) >= 11 is 0. The minimum atomic E-state index is -3.68. The van der Waals surface area contributed by atoms with Gasteiger partial charge >= 0.3 is 0 Å². The van der Waals surface area contributed by atoms with Crippen LogP contribution in [0.2, 0.25) is 0 Å². The highest BCUT2D eigenvalue weighted by Gasteiger charge is 2.30. The first-order valence-corrected chi connectivity index (χ1v) is 9.96. The van der Waals surface area contributed by atoms with Gasteiger partial charge in [0, 0.05) is 55.9 Å². The molecule has 0 aliphatic carbocycles. The number of hydrogen-bond donors (Lipinski definition) is 2. The Bertz CT molecular complexity index is 897. The monoisotopic (exact) mass is 377 g/mol. The summed E-state index contributed by atoms with van der Waals surface area (Å²) in [5, 5.41) is 1.42. The molecule has 1 aliphatic rings. The molecular formula is C17H23N5O3S. The standard InChI is InChI=1S/C17H23N5O3S/c18-11-15(19)17(23)21-7-2-8-22(10-9-21)26(24,25)16-4-1-3-13-12-20-6-5-14(13)16/h1,3-6,12,15H,2,7-11,18-19H2/t15-/m0/s1. The molecule has 1 aromatic carbocycles. The second kappa shape index (κ2) is 7.67. The second-order valence-corrected chi connectivity index (χ2v) is 8.18. The van der Waals surface area contributed by atoms with Crippen molar-refractivity contribution in [1.29, 1.82) is 0 Å². The lowest BCUT2D eigenvalue weighted by molar-refractivity contribution is -0.132. The Kier molecular flexibility index (Phi) is 5.52. The number of carbonyl (C=O) groups excluding carboxylic acids is 1. The molecule has 0 radical (unpaired) electrons. The average molecular weight is 377 g/mol. The van der Waals surface area contributed by atoms with Crippen molar-refractivity contribution in [3.8, 4) is 0 Å². The van der Waals surface area contributed by atoms with Crippen LogP contribution in [0, 0.1) is 0 Å². The topological polar surface area (TPSA) is 123 Å². The highest BCUT2D eigenvalue weighted by molar-refractivity contribution is 7.89. The van der Waals surface area contributed by atoms with Crippen molar-refractivity contribution >= 4 is 26.7 Å². The normalized spacial score (nSPS) is 17.8. The number of aromatic nitrogens is 1. The van der Waals surface area contributed by atoms with Crippen LogP contribution in [0.25, 0.3) is 10.8 Å². The summed E-state index contributed by atoms with van der Waals surface area (Å²) in [5.41, 5.74) is 11.2. The van der Waals surface area contributed by atoms with Crippen LogP contribution in [0.15, 0.2) is 41.6 Å². The molecule has 9 heteroatoms. The highest BCUT2D eigenvalue weighted by atomic mass is 32.2. The first-order chi connectivity index (χ1) is 12.4. The molecule has 1 aliphatic heterocycles. The zero-order valence-corrected chi connectivity index (χ0v) is 15.2. The fourth-order valence-electron chi connectivity index (χ4n) is 3.15. The van der Waals surface area contributed by atoms with E-state index in [9.17, 15) is 13.2 Å². The van der Waals surface area contributed by atoms with Crippen molar-refractivity contribution in [3.63, 3.8) is 0 Å². The van der Waals surface area contributed by atoms with Crippen LogP contribution < -0.4 is 11.5 Å². The van der Waals surface area contributed by atoms with Crippen LogP contribution in [-0.4, -0.2) is 67.3 Å². The summed E-state index contributed by atoms with van der Waals surface area (Å²) in [4.78, 5) is 18.1. The van der Waals surface area contributed by atoms with Crippen molar-refractivity contribution in [1.82, 2.24) is 14.2 Å². The van der Waals surface area contributed by atoms with E-state index < -0.39 is 16.1 Å². The van der Waals surface area contributed by atoms with Gasteiger partial charge in [0.25, 0.3) is 0 Å². The molecule has 1 aromatic heterocycles. The van der Waals surface area contributed by atoms with Crippen LogP contribution in [0.3, 0.4) is 0 Å². The summed E-state index contributed by atoms with van der Waals surface area (Å²) in [6, 6.07) is 6.11. The van der Waals surface area contributed by atoms with Crippen LogP contribution in [0.1, 0.15) is 6.42 Å². The molecule has 1 amide bonds. The Balaban J connectivity index is 1.85. The molecule has 2 aromatic rings. The highest BCUT2D eigenvalue weighted by Crippen LogP contribution is 2.25. The molecule has 140 valence electrons. The van der Waals surface area contributed by atoms with E-state index in [0.717, 1.165) is 5.39 Å². The van der Waals surface area contributed by atoms with Gasteiger partial charge in [-0.2, -0.15) is 4.31 Å². The number of carbonyl (C=O) groups is 1. The number of amides is 1. The smallest absolute Gasteiger partial charge is 0.243 e. The van der Waals surface area contributed by atoms with Gasteiger partial charge in [0.05, 0.1) is 10.9 Å². The van der Waals surface area contributed by atoms with Gasteiger partial charge in [-0.3, -0.25) is 9.78 Å². The molecule has 0 bridgehead atoms. The molecule has 1 fully saturated rings. The van der Waals surface area contributed by atoms with Crippen molar-refractivity contribution in [2.75, 3.05) is 32.7 Å². The molecule has 3 rings (SSSR count). The van der Waals surface area contributed by atoms with E-state index in [-0.39, 0.29) is 23.9 Å². The largest absolute Gasteiger partial charge is 0.340 e. The Hall–Kier alpha value is -2.07. The third-order valence-corrected chi connectivity index (χ3v) is 6.55. The fourth-order valence-corrected chi connectivity index (χ4v) is 4.83. The maximum atomic E-state index is 13.2. The summed E-state index contributed by atoms with van der Waals surface area (Å²) in [5.74, 6) is -0.233. The van der Waals surface area contributed by atoms with Gasteiger partial charge in [0.2, 0.25) is 15.9 Å². The molecule has 0 unspecified atom stereocenters. The molecule has 0 spiro atoms. The number of nitrogens with two attached hydrogens (primary N) is 2. The van der Waals surface area contributed by atoms with Crippen LogP contribution >= 0.6 is 0 Å². The zero-order chi connectivity index (χ0) is 18.7. The molecule has 8 nitrogen and oxygen atoms in total. The van der Waals surface area contributed by atoms with Gasteiger partial charge in [0.1, 0.15) is 0 Å². The maximum Gasteiger partial charge on any atom is 0.243 e. The lowest BCUT2D eigenvalue weighted by atomic mass is 10.2. The molecule has 26 heavy (non-hydrogen) atoms. The predicted octanol–water partition coefficient (Wildman–Crippen LogP) is -0.256. The molecule has 1 saturated heterocycles. The number of pyridine rings is 1. The van der Waals surface area contributed by atoms with E-state index in [4.69, 9.17) is 11.5 Å². The Morgan fingerprint density at radius 1 is 1.19 bits per heavy atom. The molecular weight excluding hydrogens is 354 g/mol. The zero-order valence-electron chi connectivity index (χ0n) is 14.4. The van der Waals surface area contributed by atoms with Crippen LogP contribution in [0.4, 0.5) is 0 Å². The van der Waals surface area contributed by atoms with E-state index >= 15 is 0 Å². The maximum absolute atomic E-state index is 13.2. The lowest BCUT2D eigenvalue weighted by Gasteiger charge is -2.24. The third kappa shape index (κ3) is 3.56. The van der Waals surface area contributed by atoms with Gasteiger partial charge in [-0.15, -0.1) is 0 Å². The number of hydrogen-bond acceptors (Lipinski definition) is 6. The molecule has 4 N–H and O–H groups in total. The van der Waals surface area contributed by atoms with E-state index in [1.165, 1.54) is 4.31 Å². The second-order valence-electron chi connectivity index (χ2n) is 6.28. The number of sulfonamides is 1. The molecule has 1 atom stereocenters. The minimum Gasteiger partial charge on any atom is -0.340 e. The van der Waals surface area contributed by atoms with E-state index in [2.05, 4.69) is 4.98 Å². The summed E-state index contributed by atoms with van der Waals surface area (Å²) < 4.78 is 27.8. The van der Waals surface area contributed by atoms with Crippen LogP contribution in [-0.2, 0) is 14.8 Å². The number of nitrogens with zero attached hydrogens (tertiary/aromatic N) is 3. The van der Waals surface area contributed by atoms with E-state index in [1.807, 2.05) is 6.07 Å². The third-order valence-electron chi connectivity index (χ3n) is 4.60. The number of fused-ring (bicyclic) bond motifs is 1. The SMILES string of the molecule is NC[C@H](N)C(=O)N1CCCN(S(=O)(=O)c2cccc3cnccc23)CC1. The summed E-state index contributed by atoms with van der Waals surface area (Å²) in [6.45, 7) is 1.43. The van der Waals surface area contributed by atoms with Crippen molar-refractivity contribution in [2.45, 2.75) is 17.4 Å². The minimum absolute atomic E-state index is 0.0708. The Labute approximate surface area is 152 Å². The van der Waals surface area contributed by atoms with Crippen molar-refractivity contribution in [3.05, 3.63) is 36.7 Å². The van der Waals surface area contributed by atoms with Crippen LogP contribution in [0.5, 0.6) is 0 Å².